The molecule has 5 heteroatoms. The molecule has 1 heterocycles. The predicted octanol–water partition coefficient (Wildman–Crippen LogP) is 4.87. The highest BCUT2D eigenvalue weighted by Crippen LogP contribution is 2.23. The van der Waals surface area contributed by atoms with Gasteiger partial charge in [0.2, 0.25) is 0 Å². The van der Waals surface area contributed by atoms with Crippen LogP contribution in [-0.4, -0.2) is 10.9 Å². The molecule has 4 rings (SSSR count). The molecule has 2 N–H and O–H groups in total. The molecule has 0 aliphatic rings. The van der Waals surface area contributed by atoms with E-state index in [1.165, 1.54) is 0 Å². The van der Waals surface area contributed by atoms with Crippen LogP contribution in [0.3, 0.4) is 0 Å². The van der Waals surface area contributed by atoms with E-state index in [9.17, 15) is 4.79 Å². The van der Waals surface area contributed by atoms with Crippen molar-refractivity contribution < 1.29 is 9.53 Å². The van der Waals surface area contributed by atoms with Gasteiger partial charge in [0.05, 0.1) is 11.3 Å². The molecule has 0 fully saturated rings. The number of nitrogens with zero attached hydrogens (tertiary/aromatic N) is 1. The van der Waals surface area contributed by atoms with Crippen molar-refractivity contribution >= 4 is 22.5 Å². The molecule has 5 nitrogen and oxygen atoms in total. The first-order valence-electron chi connectivity index (χ1n) is 8.83. The molecule has 0 radical (unpaired) electrons. The fraction of sp³-hybridized carbons (Fsp3) is 0.0435. The molecule has 28 heavy (non-hydrogen) atoms. The Balaban J connectivity index is 1.51. The van der Waals surface area contributed by atoms with Gasteiger partial charge in [0.1, 0.15) is 24.1 Å². The van der Waals surface area contributed by atoms with Gasteiger partial charge in [-0.25, -0.2) is 0 Å². The number of ether oxygens (including phenoxy) is 1. The van der Waals surface area contributed by atoms with Crippen LogP contribution >= 0.6 is 0 Å². The standard InChI is InChI=1S/C23H17N3O2/c24-14-18-8-4-5-9-20(18)26-23(27)22-12-17-10-11-19(13-21(17)25-22)28-15-16-6-2-1-3-7-16/h1-13,25H,15H2,(H,26,27). The Labute approximate surface area is 162 Å². The quantitative estimate of drug-likeness (QED) is 0.528. The van der Waals surface area contributed by atoms with Gasteiger partial charge in [0, 0.05) is 17.0 Å². The molecule has 0 saturated carbocycles. The maximum Gasteiger partial charge on any atom is 0.272 e. The third-order valence-corrected chi connectivity index (χ3v) is 4.38. The summed E-state index contributed by atoms with van der Waals surface area (Å²) in [5.41, 5.74) is 3.22. The molecule has 136 valence electrons. The lowest BCUT2D eigenvalue weighted by atomic mass is 10.2. The minimum Gasteiger partial charge on any atom is -0.489 e. The molecule has 0 bridgehead atoms. The Kier molecular flexibility index (Phi) is 4.77. The van der Waals surface area contributed by atoms with E-state index in [1.54, 1.807) is 30.3 Å². The molecular formula is C23H17N3O2. The fourth-order valence-electron chi connectivity index (χ4n) is 2.94. The van der Waals surface area contributed by atoms with Crippen molar-refractivity contribution in [2.24, 2.45) is 0 Å². The monoisotopic (exact) mass is 367 g/mol. The molecular weight excluding hydrogens is 350 g/mol. The second-order valence-electron chi connectivity index (χ2n) is 6.32. The highest BCUT2D eigenvalue weighted by molar-refractivity contribution is 6.06. The molecule has 1 amide bonds. The predicted molar refractivity (Wildman–Crippen MR) is 108 cm³/mol. The van der Waals surface area contributed by atoms with Gasteiger partial charge in [-0.2, -0.15) is 5.26 Å². The number of para-hydroxylation sites is 1. The number of aromatic nitrogens is 1. The van der Waals surface area contributed by atoms with Gasteiger partial charge in [0.25, 0.3) is 5.91 Å². The smallest absolute Gasteiger partial charge is 0.272 e. The van der Waals surface area contributed by atoms with Crippen LogP contribution < -0.4 is 10.1 Å². The summed E-state index contributed by atoms with van der Waals surface area (Å²) in [5, 5.41) is 12.8. The first kappa shape index (κ1) is 17.4. The number of benzene rings is 3. The normalized spacial score (nSPS) is 10.4. The molecule has 0 spiro atoms. The average molecular weight is 367 g/mol. The molecule has 0 atom stereocenters. The maximum absolute atomic E-state index is 12.6. The summed E-state index contributed by atoms with van der Waals surface area (Å²) in [6.07, 6.45) is 0. The van der Waals surface area contributed by atoms with Crippen molar-refractivity contribution in [1.29, 1.82) is 5.26 Å². The summed E-state index contributed by atoms with van der Waals surface area (Å²) in [7, 11) is 0. The maximum atomic E-state index is 12.6. The summed E-state index contributed by atoms with van der Waals surface area (Å²) in [6.45, 7) is 0.478. The molecule has 1 aromatic heterocycles. The van der Waals surface area contributed by atoms with Crippen molar-refractivity contribution in [1.82, 2.24) is 4.98 Å². The van der Waals surface area contributed by atoms with Crippen LogP contribution in [-0.2, 0) is 6.61 Å². The number of hydrogen-bond donors (Lipinski definition) is 2. The van der Waals surface area contributed by atoms with E-state index in [2.05, 4.69) is 16.4 Å². The van der Waals surface area contributed by atoms with Crippen LogP contribution in [0.4, 0.5) is 5.69 Å². The van der Waals surface area contributed by atoms with Crippen LogP contribution in [0.2, 0.25) is 0 Å². The summed E-state index contributed by atoms with van der Waals surface area (Å²) in [5.74, 6) is 0.422. The summed E-state index contributed by atoms with van der Waals surface area (Å²) in [4.78, 5) is 15.7. The van der Waals surface area contributed by atoms with Crippen molar-refractivity contribution in [3.63, 3.8) is 0 Å². The van der Waals surface area contributed by atoms with Gasteiger partial charge >= 0.3 is 0 Å². The number of fused-ring (bicyclic) bond motifs is 1. The third-order valence-electron chi connectivity index (χ3n) is 4.38. The summed E-state index contributed by atoms with van der Waals surface area (Å²) in [6, 6.07) is 26.3. The zero-order chi connectivity index (χ0) is 19.3. The fourth-order valence-corrected chi connectivity index (χ4v) is 2.94. The summed E-state index contributed by atoms with van der Waals surface area (Å²) < 4.78 is 5.84. The minimum atomic E-state index is -0.300. The molecule has 3 aromatic carbocycles. The van der Waals surface area contributed by atoms with E-state index in [0.717, 1.165) is 22.2 Å². The number of rotatable bonds is 5. The Bertz CT molecular complexity index is 1170. The lowest BCUT2D eigenvalue weighted by Crippen LogP contribution is -2.13. The number of nitrogens with one attached hydrogen (secondary N) is 2. The van der Waals surface area contributed by atoms with Crippen molar-refractivity contribution in [3.8, 4) is 11.8 Å². The zero-order valence-corrected chi connectivity index (χ0v) is 15.0. The minimum absolute atomic E-state index is 0.300. The number of hydrogen-bond acceptors (Lipinski definition) is 3. The van der Waals surface area contributed by atoms with Crippen LogP contribution in [0.25, 0.3) is 10.9 Å². The lowest BCUT2D eigenvalue weighted by molar-refractivity contribution is 0.102. The summed E-state index contributed by atoms with van der Waals surface area (Å²) >= 11 is 0. The number of nitriles is 1. The van der Waals surface area contributed by atoms with Gasteiger partial charge < -0.3 is 15.0 Å². The number of carbonyl (C=O) groups excluding carboxylic acids is 1. The largest absolute Gasteiger partial charge is 0.489 e. The van der Waals surface area contributed by atoms with Gasteiger partial charge in [0.15, 0.2) is 0 Å². The Morgan fingerprint density at radius 3 is 2.61 bits per heavy atom. The Morgan fingerprint density at radius 1 is 1.00 bits per heavy atom. The van der Waals surface area contributed by atoms with Gasteiger partial charge in [-0.05, 0) is 35.9 Å². The van der Waals surface area contributed by atoms with Crippen molar-refractivity contribution in [2.75, 3.05) is 5.32 Å². The molecule has 0 aliphatic heterocycles. The van der Waals surface area contributed by atoms with Crippen molar-refractivity contribution in [2.45, 2.75) is 6.61 Å². The number of H-pyrrole nitrogens is 1. The van der Waals surface area contributed by atoms with Gasteiger partial charge in [-0.1, -0.05) is 42.5 Å². The van der Waals surface area contributed by atoms with Gasteiger partial charge in [-0.3, -0.25) is 4.79 Å². The highest BCUT2D eigenvalue weighted by atomic mass is 16.5. The molecule has 0 saturated heterocycles. The van der Waals surface area contributed by atoms with E-state index in [1.807, 2.05) is 48.5 Å². The molecule has 0 aliphatic carbocycles. The number of anilines is 1. The number of carbonyl (C=O) groups is 1. The van der Waals surface area contributed by atoms with Gasteiger partial charge in [-0.15, -0.1) is 0 Å². The topological polar surface area (TPSA) is 77.9 Å². The van der Waals surface area contributed by atoms with E-state index in [0.29, 0.717) is 23.6 Å². The Morgan fingerprint density at radius 2 is 1.79 bits per heavy atom. The van der Waals surface area contributed by atoms with E-state index in [4.69, 9.17) is 10.00 Å². The lowest BCUT2D eigenvalue weighted by Gasteiger charge is -2.06. The zero-order valence-electron chi connectivity index (χ0n) is 15.0. The molecule has 4 aromatic rings. The second-order valence-corrected chi connectivity index (χ2v) is 6.32. The second kappa shape index (κ2) is 7.68. The third kappa shape index (κ3) is 3.71. The average Bonchev–Trinajstić information content (AvgIpc) is 3.17. The van der Waals surface area contributed by atoms with Crippen LogP contribution in [0.1, 0.15) is 21.6 Å². The number of amides is 1. The Hall–Kier alpha value is -4.04. The van der Waals surface area contributed by atoms with E-state index in [-0.39, 0.29) is 5.91 Å². The van der Waals surface area contributed by atoms with Crippen LogP contribution in [0.5, 0.6) is 5.75 Å². The van der Waals surface area contributed by atoms with Crippen LogP contribution in [0, 0.1) is 11.3 Å². The molecule has 0 unspecified atom stereocenters. The van der Waals surface area contributed by atoms with Crippen molar-refractivity contribution in [3.05, 3.63) is 95.7 Å². The van der Waals surface area contributed by atoms with E-state index >= 15 is 0 Å². The first-order chi connectivity index (χ1) is 13.7. The number of aromatic amines is 1. The first-order valence-corrected chi connectivity index (χ1v) is 8.83. The SMILES string of the molecule is N#Cc1ccccc1NC(=O)c1cc2ccc(OCc3ccccc3)cc2[nH]1. The van der Waals surface area contributed by atoms with Crippen LogP contribution in [0.15, 0.2) is 78.9 Å². The highest BCUT2D eigenvalue weighted by Gasteiger charge is 2.12. The van der Waals surface area contributed by atoms with E-state index < -0.39 is 0 Å².